The smallest absolute Gasteiger partial charge is 0.234 e. The summed E-state index contributed by atoms with van der Waals surface area (Å²) in [7, 11) is 0. The van der Waals surface area contributed by atoms with Crippen LogP contribution in [0.2, 0.25) is 0 Å². The summed E-state index contributed by atoms with van der Waals surface area (Å²) >= 11 is 0. The molecule has 0 heterocycles. The van der Waals surface area contributed by atoms with Crippen LogP contribution in [-0.4, -0.2) is 36.1 Å². The standard InChI is InChI=1S/C9H18N4O2/c1-6(9(10)13-15)4-11-5-8(14)12-7-2-3-7/h6-7,11,15H,2-5H2,1H3,(H2,10,13)(H,12,14). The van der Waals surface area contributed by atoms with Gasteiger partial charge in [-0.2, -0.15) is 0 Å². The van der Waals surface area contributed by atoms with Crippen LogP contribution in [0.1, 0.15) is 19.8 Å². The first kappa shape index (κ1) is 11.8. The molecule has 0 aromatic rings. The van der Waals surface area contributed by atoms with E-state index in [-0.39, 0.29) is 24.2 Å². The van der Waals surface area contributed by atoms with E-state index < -0.39 is 0 Å². The van der Waals surface area contributed by atoms with Crippen molar-refractivity contribution in [3.8, 4) is 0 Å². The number of rotatable bonds is 6. The number of carbonyl (C=O) groups is 1. The summed E-state index contributed by atoms with van der Waals surface area (Å²) in [4.78, 5) is 11.2. The molecule has 15 heavy (non-hydrogen) atoms. The molecule has 1 unspecified atom stereocenters. The van der Waals surface area contributed by atoms with Gasteiger partial charge in [-0.3, -0.25) is 4.79 Å². The minimum absolute atomic E-state index is 0.00390. The molecule has 6 nitrogen and oxygen atoms in total. The third-order valence-corrected chi connectivity index (χ3v) is 2.30. The maximum Gasteiger partial charge on any atom is 0.234 e. The van der Waals surface area contributed by atoms with Crippen LogP contribution in [0.4, 0.5) is 0 Å². The van der Waals surface area contributed by atoms with E-state index in [0.29, 0.717) is 12.6 Å². The Labute approximate surface area is 88.9 Å². The van der Waals surface area contributed by atoms with E-state index in [1.807, 2.05) is 6.92 Å². The first-order valence-corrected chi connectivity index (χ1v) is 5.11. The Morgan fingerprint density at radius 2 is 2.33 bits per heavy atom. The number of amidine groups is 1. The molecule has 1 atom stereocenters. The number of nitrogens with zero attached hydrogens (tertiary/aromatic N) is 1. The summed E-state index contributed by atoms with van der Waals surface area (Å²) in [5, 5.41) is 17.1. The zero-order chi connectivity index (χ0) is 11.3. The summed E-state index contributed by atoms with van der Waals surface area (Å²) in [6.07, 6.45) is 2.18. The Balaban J connectivity index is 2.06. The molecule has 6 heteroatoms. The lowest BCUT2D eigenvalue weighted by Gasteiger charge is -2.10. The van der Waals surface area contributed by atoms with Crippen molar-refractivity contribution in [2.45, 2.75) is 25.8 Å². The second-order valence-electron chi connectivity index (χ2n) is 3.90. The Morgan fingerprint density at radius 1 is 1.67 bits per heavy atom. The fraction of sp³-hybridized carbons (Fsp3) is 0.778. The van der Waals surface area contributed by atoms with Crippen LogP contribution in [0.3, 0.4) is 0 Å². The largest absolute Gasteiger partial charge is 0.409 e. The molecule has 1 rings (SSSR count). The van der Waals surface area contributed by atoms with Gasteiger partial charge in [0.15, 0.2) is 0 Å². The van der Waals surface area contributed by atoms with Crippen molar-refractivity contribution in [2.24, 2.45) is 16.8 Å². The lowest BCUT2D eigenvalue weighted by molar-refractivity contribution is -0.120. The molecule has 1 aliphatic carbocycles. The van der Waals surface area contributed by atoms with E-state index in [4.69, 9.17) is 10.9 Å². The lowest BCUT2D eigenvalue weighted by Crippen LogP contribution is -2.38. The molecule has 1 aliphatic rings. The molecule has 0 aromatic heterocycles. The maximum absolute atomic E-state index is 11.2. The number of hydrogen-bond donors (Lipinski definition) is 4. The van der Waals surface area contributed by atoms with Crippen LogP contribution in [-0.2, 0) is 4.79 Å². The Kier molecular flexibility index (Phi) is 4.36. The van der Waals surface area contributed by atoms with E-state index in [0.717, 1.165) is 12.8 Å². The second kappa shape index (κ2) is 5.55. The van der Waals surface area contributed by atoms with Gasteiger partial charge in [-0.25, -0.2) is 0 Å². The first-order chi connectivity index (χ1) is 7.13. The van der Waals surface area contributed by atoms with Crippen LogP contribution in [0.25, 0.3) is 0 Å². The third-order valence-electron chi connectivity index (χ3n) is 2.30. The van der Waals surface area contributed by atoms with Crippen LogP contribution < -0.4 is 16.4 Å². The second-order valence-corrected chi connectivity index (χ2v) is 3.90. The van der Waals surface area contributed by atoms with E-state index in [1.54, 1.807) is 0 Å². The normalized spacial score (nSPS) is 18.6. The highest BCUT2D eigenvalue weighted by Crippen LogP contribution is 2.18. The predicted octanol–water partition coefficient (Wildman–Crippen LogP) is -0.763. The monoisotopic (exact) mass is 214 g/mol. The van der Waals surface area contributed by atoms with Gasteiger partial charge < -0.3 is 21.6 Å². The SMILES string of the molecule is CC(CNCC(=O)NC1CC1)C(N)=NO. The average Bonchev–Trinajstić information content (AvgIpc) is 3.00. The first-order valence-electron chi connectivity index (χ1n) is 5.11. The summed E-state index contributed by atoms with van der Waals surface area (Å²) in [5.41, 5.74) is 5.38. The minimum Gasteiger partial charge on any atom is -0.409 e. The van der Waals surface area contributed by atoms with Gasteiger partial charge in [0.1, 0.15) is 5.84 Å². The quantitative estimate of drug-likeness (QED) is 0.202. The fourth-order valence-corrected chi connectivity index (χ4v) is 1.11. The molecule has 1 fully saturated rings. The van der Waals surface area contributed by atoms with Crippen molar-refractivity contribution in [1.29, 1.82) is 0 Å². The van der Waals surface area contributed by atoms with Gasteiger partial charge in [0.25, 0.3) is 0 Å². The highest BCUT2D eigenvalue weighted by atomic mass is 16.4. The van der Waals surface area contributed by atoms with Gasteiger partial charge in [0.05, 0.1) is 6.54 Å². The Hall–Kier alpha value is -1.30. The average molecular weight is 214 g/mol. The third kappa shape index (κ3) is 4.64. The molecule has 0 aliphatic heterocycles. The van der Waals surface area contributed by atoms with Crippen molar-refractivity contribution in [3.63, 3.8) is 0 Å². The van der Waals surface area contributed by atoms with E-state index in [2.05, 4.69) is 15.8 Å². The van der Waals surface area contributed by atoms with Gasteiger partial charge in [-0.05, 0) is 12.8 Å². The molecular formula is C9H18N4O2. The van der Waals surface area contributed by atoms with Gasteiger partial charge in [0.2, 0.25) is 5.91 Å². The Morgan fingerprint density at radius 3 is 2.87 bits per heavy atom. The fourth-order valence-electron chi connectivity index (χ4n) is 1.11. The van der Waals surface area contributed by atoms with Crippen LogP contribution in [0.15, 0.2) is 5.16 Å². The number of carbonyl (C=O) groups excluding carboxylic acids is 1. The van der Waals surface area contributed by atoms with E-state index in [9.17, 15) is 4.79 Å². The number of hydrogen-bond acceptors (Lipinski definition) is 4. The van der Waals surface area contributed by atoms with Crippen LogP contribution in [0, 0.1) is 5.92 Å². The Bertz CT molecular complexity index is 250. The number of nitrogens with two attached hydrogens (primary N) is 1. The summed E-state index contributed by atoms with van der Waals surface area (Å²) in [6.45, 7) is 2.62. The summed E-state index contributed by atoms with van der Waals surface area (Å²) in [5.74, 6) is 0.0954. The molecule has 0 saturated heterocycles. The van der Waals surface area contributed by atoms with Gasteiger partial charge in [0, 0.05) is 18.5 Å². The number of amides is 1. The molecule has 0 radical (unpaired) electrons. The van der Waals surface area contributed by atoms with Crippen LogP contribution >= 0.6 is 0 Å². The van der Waals surface area contributed by atoms with Crippen molar-refractivity contribution < 1.29 is 10.0 Å². The van der Waals surface area contributed by atoms with E-state index in [1.165, 1.54) is 0 Å². The van der Waals surface area contributed by atoms with Crippen molar-refractivity contribution >= 4 is 11.7 Å². The van der Waals surface area contributed by atoms with Crippen molar-refractivity contribution in [1.82, 2.24) is 10.6 Å². The predicted molar refractivity (Wildman–Crippen MR) is 56.6 cm³/mol. The molecule has 1 saturated carbocycles. The molecule has 0 aromatic carbocycles. The topological polar surface area (TPSA) is 99.7 Å². The summed E-state index contributed by atoms with van der Waals surface area (Å²) < 4.78 is 0. The number of oxime groups is 1. The number of nitrogens with one attached hydrogen (secondary N) is 2. The molecule has 0 bridgehead atoms. The highest BCUT2D eigenvalue weighted by molar-refractivity contribution is 5.82. The zero-order valence-electron chi connectivity index (χ0n) is 8.86. The summed E-state index contributed by atoms with van der Waals surface area (Å²) in [6, 6.07) is 0.390. The molecular weight excluding hydrogens is 196 g/mol. The van der Waals surface area contributed by atoms with Crippen molar-refractivity contribution in [2.75, 3.05) is 13.1 Å². The molecule has 5 N–H and O–H groups in total. The van der Waals surface area contributed by atoms with E-state index >= 15 is 0 Å². The molecule has 0 spiro atoms. The molecule has 1 amide bonds. The maximum atomic E-state index is 11.2. The minimum atomic E-state index is -0.0799. The van der Waals surface area contributed by atoms with Gasteiger partial charge in [-0.15, -0.1) is 0 Å². The molecule has 86 valence electrons. The van der Waals surface area contributed by atoms with Gasteiger partial charge >= 0.3 is 0 Å². The van der Waals surface area contributed by atoms with Crippen molar-refractivity contribution in [3.05, 3.63) is 0 Å². The lowest BCUT2D eigenvalue weighted by atomic mass is 10.1. The highest BCUT2D eigenvalue weighted by Gasteiger charge is 2.22. The zero-order valence-corrected chi connectivity index (χ0v) is 8.86. The van der Waals surface area contributed by atoms with Gasteiger partial charge in [-0.1, -0.05) is 12.1 Å². The van der Waals surface area contributed by atoms with Crippen LogP contribution in [0.5, 0.6) is 0 Å².